The Morgan fingerprint density at radius 1 is 0.242 bits per heavy atom. The average Bonchev–Trinajstić information content (AvgIpc) is 3.87. The third-order valence-electron chi connectivity index (χ3n) is 12.1. The van der Waals surface area contributed by atoms with Gasteiger partial charge in [0.2, 0.25) is 0 Å². The van der Waals surface area contributed by atoms with Gasteiger partial charge in [-0.15, -0.1) is 0 Å². The molecule has 9 aromatic carbocycles. The van der Waals surface area contributed by atoms with Crippen LogP contribution in [0.4, 0.5) is 0 Å². The lowest BCUT2D eigenvalue weighted by molar-refractivity contribution is 1.14. The maximum atomic E-state index is 5.10. The fourth-order valence-corrected chi connectivity index (χ4v) is 9.19. The van der Waals surface area contributed by atoms with Gasteiger partial charge in [0.15, 0.2) is 5.82 Å². The Kier molecular flexibility index (Phi) is 8.46. The molecule has 290 valence electrons. The first-order chi connectivity index (χ1) is 30.7. The Balaban J connectivity index is 0.908. The van der Waals surface area contributed by atoms with Crippen LogP contribution in [0.2, 0.25) is 0 Å². The molecule has 4 heteroatoms. The highest BCUT2D eigenvalue weighted by atomic mass is 15.0. The fourth-order valence-electron chi connectivity index (χ4n) is 9.19. The van der Waals surface area contributed by atoms with Gasteiger partial charge in [0, 0.05) is 49.6 Å². The lowest BCUT2D eigenvalue weighted by Gasteiger charge is -2.12. The van der Waals surface area contributed by atoms with E-state index in [0.717, 1.165) is 56.1 Å². The lowest BCUT2D eigenvalue weighted by Crippen LogP contribution is -1.97. The minimum absolute atomic E-state index is 0.700. The van der Waals surface area contributed by atoms with E-state index in [1.807, 2.05) is 12.1 Å². The highest BCUT2D eigenvalue weighted by molar-refractivity contribution is 6.11. The molecule has 0 unspecified atom stereocenters. The first-order valence-electron chi connectivity index (χ1n) is 21.1. The van der Waals surface area contributed by atoms with Gasteiger partial charge in [-0.1, -0.05) is 158 Å². The molecule has 0 fully saturated rings. The fraction of sp³-hybridized carbons (Fsp3) is 0. The van der Waals surface area contributed by atoms with Crippen LogP contribution in [0.25, 0.3) is 111 Å². The zero-order valence-electron chi connectivity index (χ0n) is 33.7. The second-order valence-electron chi connectivity index (χ2n) is 15.8. The van der Waals surface area contributed by atoms with E-state index in [0.29, 0.717) is 5.82 Å². The van der Waals surface area contributed by atoms with Gasteiger partial charge < -0.3 is 9.13 Å². The smallest absolute Gasteiger partial charge is 0.160 e. The van der Waals surface area contributed by atoms with E-state index >= 15 is 0 Å². The Morgan fingerprint density at radius 3 is 1.11 bits per heavy atom. The summed E-state index contributed by atoms with van der Waals surface area (Å²) in [4.78, 5) is 10.2. The molecule has 0 aliphatic rings. The minimum Gasteiger partial charge on any atom is -0.309 e. The van der Waals surface area contributed by atoms with Crippen molar-refractivity contribution < 1.29 is 0 Å². The van der Waals surface area contributed by atoms with E-state index in [1.54, 1.807) is 0 Å². The molecule has 3 heterocycles. The third-order valence-corrected chi connectivity index (χ3v) is 12.1. The van der Waals surface area contributed by atoms with Gasteiger partial charge in [0.25, 0.3) is 0 Å². The molecule has 0 aliphatic carbocycles. The van der Waals surface area contributed by atoms with Crippen LogP contribution in [0, 0.1) is 0 Å². The highest BCUT2D eigenvalue weighted by Gasteiger charge is 2.16. The van der Waals surface area contributed by atoms with Crippen molar-refractivity contribution in [2.45, 2.75) is 0 Å². The van der Waals surface area contributed by atoms with Crippen molar-refractivity contribution in [1.82, 2.24) is 19.1 Å². The van der Waals surface area contributed by atoms with Crippen molar-refractivity contribution in [1.29, 1.82) is 0 Å². The van der Waals surface area contributed by atoms with Crippen LogP contribution in [0.15, 0.2) is 231 Å². The summed E-state index contributed by atoms with van der Waals surface area (Å²) >= 11 is 0. The van der Waals surface area contributed by atoms with Crippen LogP contribution >= 0.6 is 0 Å². The summed E-state index contributed by atoms with van der Waals surface area (Å²) in [5, 5.41) is 4.98. The van der Waals surface area contributed by atoms with Crippen LogP contribution in [-0.2, 0) is 0 Å². The van der Waals surface area contributed by atoms with E-state index in [4.69, 9.17) is 9.97 Å². The Morgan fingerprint density at radius 2 is 0.613 bits per heavy atom. The molecule has 12 aromatic rings. The second-order valence-corrected chi connectivity index (χ2v) is 15.8. The van der Waals surface area contributed by atoms with Gasteiger partial charge in [-0.25, -0.2) is 9.97 Å². The number of rotatable bonds is 7. The molecule has 12 rings (SSSR count). The number of hydrogen-bond acceptors (Lipinski definition) is 2. The molecule has 0 amide bonds. The van der Waals surface area contributed by atoms with E-state index in [-0.39, 0.29) is 0 Å². The van der Waals surface area contributed by atoms with Crippen LogP contribution in [-0.4, -0.2) is 19.1 Å². The van der Waals surface area contributed by atoms with E-state index in [9.17, 15) is 0 Å². The zero-order valence-corrected chi connectivity index (χ0v) is 33.7. The first-order valence-corrected chi connectivity index (χ1v) is 21.1. The van der Waals surface area contributed by atoms with Crippen molar-refractivity contribution in [2.24, 2.45) is 0 Å². The van der Waals surface area contributed by atoms with Crippen molar-refractivity contribution in [3.8, 4) is 67.5 Å². The summed E-state index contributed by atoms with van der Waals surface area (Å²) in [6.07, 6.45) is 0. The number of para-hydroxylation sites is 3. The molecular formula is C58H38N4. The van der Waals surface area contributed by atoms with E-state index in [1.165, 1.54) is 49.2 Å². The van der Waals surface area contributed by atoms with Gasteiger partial charge in [-0.05, 0) is 95.1 Å². The van der Waals surface area contributed by atoms with Gasteiger partial charge in [-0.3, -0.25) is 0 Å². The number of aromatic nitrogens is 4. The molecule has 0 saturated carbocycles. The molecule has 0 spiro atoms. The zero-order chi connectivity index (χ0) is 41.0. The minimum atomic E-state index is 0.700. The molecular weight excluding hydrogens is 753 g/mol. The van der Waals surface area contributed by atoms with E-state index < -0.39 is 0 Å². The number of fused-ring (bicyclic) bond motifs is 6. The maximum absolute atomic E-state index is 5.10. The molecule has 0 saturated heterocycles. The molecule has 0 atom stereocenters. The predicted octanol–water partition coefficient (Wildman–Crippen LogP) is 15.0. The summed E-state index contributed by atoms with van der Waals surface area (Å²) in [6.45, 7) is 0. The standard InChI is InChI=1S/C58H38N4/c1-3-15-39(16-4-1)52-38-53(40-17-5-2-6-18-40)60-58(59-52)45-22-14-21-43(36-45)41-19-13-20-42(35-41)44-29-34-57-51(37-44)50-25-9-12-28-56(50)62(57)47-32-30-46(31-33-47)61-54-26-10-7-23-48(54)49-24-8-11-27-55(49)61/h1-38H. The Labute approximate surface area is 359 Å². The topological polar surface area (TPSA) is 35.6 Å². The summed E-state index contributed by atoms with van der Waals surface area (Å²) < 4.78 is 4.76. The van der Waals surface area contributed by atoms with Crippen molar-refractivity contribution in [3.05, 3.63) is 231 Å². The third kappa shape index (κ3) is 6.08. The predicted molar refractivity (Wildman–Crippen MR) is 258 cm³/mol. The summed E-state index contributed by atoms with van der Waals surface area (Å²) in [5.74, 6) is 0.700. The molecule has 0 bridgehead atoms. The normalized spacial score (nSPS) is 11.5. The Hall–Kier alpha value is -8.34. The van der Waals surface area contributed by atoms with Crippen LogP contribution in [0.1, 0.15) is 0 Å². The van der Waals surface area contributed by atoms with Gasteiger partial charge >= 0.3 is 0 Å². The SMILES string of the molecule is c1ccc(-c2cc(-c3ccccc3)nc(-c3cccc(-c4cccc(-c5ccc6c(c5)c5ccccc5n6-c5ccc(-n6c7ccccc7c7ccccc76)cc5)c4)c3)n2)cc1. The van der Waals surface area contributed by atoms with Crippen LogP contribution < -0.4 is 0 Å². The lowest BCUT2D eigenvalue weighted by atomic mass is 9.97. The average molecular weight is 791 g/mol. The van der Waals surface area contributed by atoms with Crippen molar-refractivity contribution in [2.75, 3.05) is 0 Å². The molecule has 0 N–H and O–H groups in total. The first kappa shape index (κ1) is 35.6. The van der Waals surface area contributed by atoms with Gasteiger partial charge in [0.05, 0.1) is 33.5 Å². The number of nitrogens with zero attached hydrogens (tertiary/aromatic N) is 4. The Bertz CT molecular complexity index is 3510. The maximum Gasteiger partial charge on any atom is 0.160 e. The molecule has 0 radical (unpaired) electrons. The second kappa shape index (κ2) is 14.7. The number of hydrogen-bond donors (Lipinski definition) is 0. The van der Waals surface area contributed by atoms with Crippen LogP contribution in [0.3, 0.4) is 0 Å². The molecule has 3 aromatic heterocycles. The summed E-state index contributed by atoms with van der Waals surface area (Å²) in [6, 6.07) is 82.2. The molecule has 62 heavy (non-hydrogen) atoms. The monoisotopic (exact) mass is 790 g/mol. The highest BCUT2D eigenvalue weighted by Crippen LogP contribution is 2.38. The largest absolute Gasteiger partial charge is 0.309 e. The number of benzene rings is 9. The molecule has 0 aliphatic heterocycles. The quantitative estimate of drug-likeness (QED) is 0.161. The van der Waals surface area contributed by atoms with Crippen molar-refractivity contribution >= 4 is 43.6 Å². The van der Waals surface area contributed by atoms with Crippen LogP contribution in [0.5, 0.6) is 0 Å². The molecule has 4 nitrogen and oxygen atoms in total. The summed E-state index contributed by atoms with van der Waals surface area (Å²) in [5.41, 5.74) is 16.5. The van der Waals surface area contributed by atoms with Gasteiger partial charge in [-0.2, -0.15) is 0 Å². The summed E-state index contributed by atoms with van der Waals surface area (Å²) in [7, 11) is 0. The van der Waals surface area contributed by atoms with Gasteiger partial charge in [0.1, 0.15) is 0 Å². The van der Waals surface area contributed by atoms with E-state index in [2.05, 4.69) is 228 Å². The van der Waals surface area contributed by atoms with Crippen molar-refractivity contribution in [3.63, 3.8) is 0 Å².